The summed E-state index contributed by atoms with van der Waals surface area (Å²) in [4.78, 5) is 8.79. The molecule has 1 aromatic carbocycles. The highest BCUT2D eigenvalue weighted by Gasteiger charge is 2.12. The summed E-state index contributed by atoms with van der Waals surface area (Å²) in [7, 11) is 0. The average Bonchev–Trinajstić information content (AvgIpc) is 2.81. The fourth-order valence-electron chi connectivity index (χ4n) is 1.88. The van der Waals surface area contributed by atoms with Gasteiger partial charge in [0.2, 0.25) is 0 Å². The van der Waals surface area contributed by atoms with Crippen molar-refractivity contribution in [2.24, 2.45) is 5.73 Å². The predicted molar refractivity (Wildman–Crippen MR) is 75.0 cm³/mol. The minimum atomic E-state index is 0.461. The van der Waals surface area contributed by atoms with E-state index in [-0.39, 0.29) is 0 Å². The summed E-state index contributed by atoms with van der Waals surface area (Å²) >= 11 is 1.41. The molecule has 4 nitrogen and oxygen atoms in total. The van der Waals surface area contributed by atoms with Gasteiger partial charge in [-0.05, 0) is 42.4 Å². The van der Waals surface area contributed by atoms with Crippen LogP contribution in [0.3, 0.4) is 0 Å². The standard InChI is InChI=1S/C14H13N3OS/c1-9-6-7-16-13(10(9)8-15)19-14-17-11-4-2-3-5-12(11)18-14/h2-7H,8,15H2,1H3. The largest absolute Gasteiger partial charge is 0.431 e. The lowest BCUT2D eigenvalue weighted by Crippen LogP contribution is -2.02. The zero-order valence-electron chi connectivity index (χ0n) is 10.5. The Morgan fingerprint density at radius 1 is 1.26 bits per heavy atom. The smallest absolute Gasteiger partial charge is 0.263 e. The fraction of sp³-hybridized carbons (Fsp3) is 0.143. The molecule has 2 N–H and O–H groups in total. The van der Waals surface area contributed by atoms with E-state index in [1.165, 1.54) is 11.8 Å². The predicted octanol–water partition coefficient (Wildman–Crippen LogP) is 3.14. The van der Waals surface area contributed by atoms with Crippen molar-refractivity contribution in [2.45, 2.75) is 23.7 Å². The van der Waals surface area contributed by atoms with E-state index in [0.29, 0.717) is 11.8 Å². The van der Waals surface area contributed by atoms with Crippen molar-refractivity contribution in [3.63, 3.8) is 0 Å². The Hall–Kier alpha value is -1.85. The third-order valence-corrected chi connectivity index (χ3v) is 3.81. The Morgan fingerprint density at radius 2 is 2.11 bits per heavy atom. The normalized spacial score (nSPS) is 11.1. The Kier molecular flexibility index (Phi) is 3.23. The number of oxazole rings is 1. The zero-order valence-corrected chi connectivity index (χ0v) is 11.3. The summed E-state index contributed by atoms with van der Waals surface area (Å²) in [6.45, 7) is 2.49. The third-order valence-electron chi connectivity index (χ3n) is 2.91. The topological polar surface area (TPSA) is 64.9 Å². The lowest BCUT2D eigenvalue weighted by atomic mass is 10.2. The summed E-state index contributed by atoms with van der Waals surface area (Å²) in [5, 5.41) is 1.45. The SMILES string of the molecule is Cc1ccnc(Sc2nc3ccccc3o2)c1CN. The number of aryl methyl sites for hydroxylation is 1. The van der Waals surface area contributed by atoms with Crippen LogP contribution in [0.4, 0.5) is 0 Å². The number of aromatic nitrogens is 2. The number of benzene rings is 1. The molecule has 0 fully saturated rings. The van der Waals surface area contributed by atoms with Gasteiger partial charge in [-0.2, -0.15) is 0 Å². The van der Waals surface area contributed by atoms with Gasteiger partial charge in [0.1, 0.15) is 10.5 Å². The number of hydrogen-bond donors (Lipinski definition) is 1. The van der Waals surface area contributed by atoms with E-state index in [0.717, 1.165) is 27.3 Å². The van der Waals surface area contributed by atoms with E-state index in [4.69, 9.17) is 10.2 Å². The zero-order chi connectivity index (χ0) is 13.2. The summed E-state index contributed by atoms with van der Waals surface area (Å²) in [6, 6.07) is 9.66. The molecule has 19 heavy (non-hydrogen) atoms. The Labute approximate surface area is 115 Å². The van der Waals surface area contributed by atoms with Crippen molar-refractivity contribution >= 4 is 22.9 Å². The molecule has 0 amide bonds. The van der Waals surface area contributed by atoms with Crippen LogP contribution in [0.1, 0.15) is 11.1 Å². The van der Waals surface area contributed by atoms with Crippen LogP contribution in [0.2, 0.25) is 0 Å². The van der Waals surface area contributed by atoms with Gasteiger partial charge in [0, 0.05) is 18.3 Å². The molecule has 2 heterocycles. The molecule has 0 saturated carbocycles. The van der Waals surface area contributed by atoms with Gasteiger partial charge in [0.25, 0.3) is 5.22 Å². The first-order chi connectivity index (χ1) is 9.28. The number of nitrogens with two attached hydrogens (primary N) is 1. The number of nitrogens with zero attached hydrogens (tertiary/aromatic N) is 2. The number of para-hydroxylation sites is 2. The van der Waals surface area contributed by atoms with Gasteiger partial charge in [-0.15, -0.1) is 0 Å². The highest BCUT2D eigenvalue weighted by atomic mass is 32.2. The van der Waals surface area contributed by atoms with Gasteiger partial charge in [0.05, 0.1) is 0 Å². The first-order valence-corrected chi connectivity index (χ1v) is 6.77. The maximum atomic E-state index is 5.78. The number of pyridine rings is 1. The first-order valence-electron chi connectivity index (χ1n) is 5.96. The maximum absolute atomic E-state index is 5.78. The highest BCUT2D eigenvalue weighted by molar-refractivity contribution is 7.99. The number of hydrogen-bond acceptors (Lipinski definition) is 5. The lowest BCUT2D eigenvalue weighted by molar-refractivity contribution is 0.489. The van der Waals surface area contributed by atoms with Crippen molar-refractivity contribution in [1.29, 1.82) is 0 Å². The molecule has 0 spiro atoms. The van der Waals surface area contributed by atoms with E-state index < -0.39 is 0 Å². The molecule has 0 aliphatic carbocycles. The van der Waals surface area contributed by atoms with Gasteiger partial charge in [-0.3, -0.25) is 0 Å². The van der Waals surface area contributed by atoms with Crippen LogP contribution in [0.15, 0.2) is 51.2 Å². The molecular weight excluding hydrogens is 258 g/mol. The third kappa shape index (κ3) is 2.34. The average molecular weight is 271 g/mol. The molecule has 0 aliphatic rings. The van der Waals surface area contributed by atoms with Crippen LogP contribution in [0.5, 0.6) is 0 Å². The molecule has 3 aromatic rings. The van der Waals surface area contributed by atoms with Crippen molar-refractivity contribution in [2.75, 3.05) is 0 Å². The second-order valence-corrected chi connectivity index (χ2v) is 5.11. The molecule has 2 aromatic heterocycles. The first kappa shape index (κ1) is 12.2. The number of rotatable bonds is 3. The van der Waals surface area contributed by atoms with Crippen molar-refractivity contribution < 1.29 is 4.42 Å². The van der Waals surface area contributed by atoms with Gasteiger partial charge >= 0.3 is 0 Å². The summed E-state index contributed by atoms with van der Waals surface area (Å²) < 4.78 is 5.68. The van der Waals surface area contributed by atoms with Crippen molar-refractivity contribution in [1.82, 2.24) is 9.97 Å². The highest BCUT2D eigenvalue weighted by Crippen LogP contribution is 2.31. The minimum absolute atomic E-state index is 0.461. The minimum Gasteiger partial charge on any atom is -0.431 e. The van der Waals surface area contributed by atoms with Crippen LogP contribution in [0.25, 0.3) is 11.1 Å². The molecule has 0 saturated heterocycles. The molecule has 0 radical (unpaired) electrons. The Bertz CT molecular complexity index is 691. The molecule has 96 valence electrons. The summed E-state index contributed by atoms with van der Waals surface area (Å²) in [5.74, 6) is 0. The van der Waals surface area contributed by atoms with Gasteiger partial charge in [-0.1, -0.05) is 12.1 Å². The molecule has 0 aliphatic heterocycles. The van der Waals surface area contributed by atoms with E-state index in [1.54, 1.807) is 6.20 Å². The van der Waals surface area contributed by atoms with Crippen LogP contribution in [0, 0.1) is 6.92 Å². The second kappa shape index (κ2) is 5.03. The van der Waals surface area contributed by atoms with E-state index in [9.17, 15) is 0 Å². The van der Waals surface area contributed by atoms with Crippen molar-refractivity contribution in [3.05, 3.63) is 47.7 Å². The van der Waals surface area contributed by atoms with E-state index in [2.05, 4.69) is 9.97 Å². The van der Waals surface area contributed by atoms with Crippen LogP contribution >= 0.6 is 11.8 Å². The van der Waals surface area contributed by atoms with Crippen LogP contribution in [-0.4, -0.2) is 9.97 Å². The molecule has 3 rings (SSSR count). The van der Waals surface area contributed by atoms with Gasteiger partial charge in [0.15, 0.2) is 5.58 Å². The monoisotopic (exact) mass is 271 g/mol. The van der Waals surface area contributed by atoms with Gasteiger partial charge < -0.3 is 10.2 Å². The summed E-state index contributed by atoms with van der Waals surface area (Å²) in [6.07, 6.45) is 1.78. The van der Waals surface area contributed by atoms with Crippen LogP contribution < -0.4 is 5.73 Å². The molecule has 0 unspecified atom stereocenters. The molecule has 0 atom stereocenters. The molecule has 0 bridgehead atoms. The molecular formula is C14H13N3OS. The van der Waals surface area contributed by atoms with Gasteiger partial charge in [-0.25, -0.2) is 9.97 Å². The lowest BCUT2D eigenvalue weighted by Gasteiger charge is -2.06. The maximum Gasteiger partial charge on any atom is 0.263 e. The number of fused-ring (bicyclic) bond motifs is 1. The van der Waals surface area contributed by atoms with E-state index >= 15 is 0 Å². The fourth-order valence-corrected chi connectivity index (χ4v) is 2.80. The van der Waals surface area contributed by atoms with Crippen molar-refractivity contribution in [3.8, 4) is 0 Å². The molecule has 5 heteroatoms. The Balaban J connectivity index is 1.99. The second-order valence-electron chi connectivity index (χ2n) is 4.17. The van der Waals surface area contributed by atoms with Crippen LogP contribution in [-0.2, 0) is 6.54 Å². The van der Waals surface area contributed by atoms with E-state index in [1.807, 2.05) is 37.3 Å². The quantitative estimate of drug-likeness (QED) is 0.792. The Morgan fingerprint density at radius 3 is 2.89 bits per heavy atom. The summed E-state index contributed by atoms with van der Waals surface area (Å²) in [5.41, 5.74) is 9.59.